The van der Waals surface area contributed by atoms with Gasteiger partial charge in [-0.15, -0.1) is 0 Å². The highest BCUT2D eigenvalue weighted by Crippen LogP contribution is 2.23. The van der Waals surface area contributed by atoms with Gasteiger partial charge in [-0.1, -0.05) is 74.5 Å². The first-order chi connectivity index (χ1) is 17.4. The minimum atomic E-state index is -0.492. The molecule has 0 unspecified atom stereocenters. The molecule has 1 saturated heterocycles. The molecule has 0 spiro atoms. The highest BCUT2D eigenvalue weighted by Gasteiger charge is 2.34. The Morgan fingerprint density at radius 2 is 1.53 bits per heavy atom. The predicted octanol–water partition coefficient (Wildman–Crippen LogP) is 5.68. The summed E-state index contributed by atoms with van der Waals surface area (Å²) in [7, 11) is 0. The Morgan fingerprint density at radius 1 is 0.917 bits per heavy atom. The Morgan fingerprint density at radius 3 is 2.14 bits per heavy atom. The van der Waals surface area contributed by atoms with Crippen LogP contribution in [0, 0.1) is 5.92 Å². The van der Waals surface area contributed by atoms with Crippen LogP contribution in [0.1, 0.15) is 48.2 Å². The zero-order valence-electron chi connectivity index (χ0n) is 20.9. The van der Waals surface area contributed by atoms with Gasteiger partial charge >= 0.3 is 6.03 Å². The van der Waals surface area contributed by atoms with Crippen molar-refractivity contribution < 1.29 is 14.4 Å². The van der Waals surface area contributed by atoms with Crippen LogP contribution in [-0.2, 0) is 17.8 Å². The second-order valence-corrected chi connectivity index (χ2v) is 9.73. The molecule has 186 valence electrons. The zero-order valence-corrected chi connectivity index (χ0v) is 20.9. The summed E-state index contributed by atoms with van der Waals surface area (Å²) in [6.45, 7) is 5.39. The van der Waals surface area contributed by atoms with Gasteiger partial charge < -0.3 is 15.5 Å². The van der Waals surface area contributed by atoms with Gasteiger partial charge in [0, 0.05) is 24.3 Å². The summed E-state index contributed by atoms with van der Waals surface area (Å²) in [5, 5.41) is 5.92. The van der Waals surface area contributed by atoms with E-state index in [2.05, 4.69) is 36.6 Å². The van der Waals surface area contributed by atoms with Crippen molar-refractivity contribution in [1.29, 1.82) is 0 Å². The lowest BCUT2D eigenvalue weighted by Gasteiger charge is -2.24. The average Bonchev–Trinajstić information content (AvgIpc) is 3.39. The fourth-order valence-electron chi connectivity index (χ4n) is 4.55. The second kappa shape index (κ2) is 11.7. The highest BCUT2D eigenvalue weighted by molar-refractivity contribution is 5.97. The lowest BCUT2D eigenvalue weighted by Crippen LogP contribution is -2.47. The minimum Gasteiger partial charge on any atom is -0.334 e. The van der Waals surface area contributed by atoms with Crippen LogP contribution in [-0.4, -0.2) is 35.7 Å². The first-order valence-electron chi connectivity index (χ1n) is 12.5. The molecular formula is C30H33N3O3. The van der Waals surface area contributed by atoms with Crippen LogP contribution in [0.4, 0.5) is 10.5 Å². The Labute approximate surface area is 212 Å². The first kappa shape index (κ1) is 25.2. The van der Waals surface area contributed by atoms with Gasteiger partial charge in [-0.05, 0) is 59.6 Å². The molecule has 1 fully saturated rings. The summed E-state index contributed by atoms with van der Waals surface area (Å²) in [5.41, 5.74) is 5.63. The van der Waals surface area contributed by atoms with E-state index < -0.39 is 6.04 Å². The molecule has 36 heavy (non-hydrogen) atoms. The highest BCUT2D eigenvalue weighted by atomic mass is 16.2. The normalized spacial score (nSPS) is 15.1. The number of carbonyl (C=O) groups excluding carboxylic acids is 3. The Kier molecular flexibility index (Phi) is 8.16. The van der Waals surface area contributed by atoms with E-state index in [1.807, 2.05) is 48.5 Å². The molecule has 0 saturated carbocycles. The van der Waals surface area contributed by atoms with Crippen molar-refractivity contribution >= 4 is 23.9 Å². The Balaban J connectivity index is 1.31. The van der Waals surface area contributed by atoms with E-state index in [0.29, 0.717) is 36.7 Å². The van der Waals surface area contributed by atoms with E-state index >= 15 is 0 Å². The Bertz CT molecular complexity index is 1190. The number of nitrogens with zero attached hydrogens (tertiary/aromatic N) is 1. The van der Waals surface area contributed by atoms with E-state index in [4.69, 9.17) is 0 Å². The molecule has 3 amide bonds. The van der Waals surface area contributed by atoms with E-state index in [-0.39, 0.29) is 11.9 Å². The monoisotopic (exact) mass is 483 g/mol. The summed E-state index contributed by atoms with van der Waals surface area (Å²) < 4.78 is 0. The number of carbonyl (C=O) groups is 3. The van der Waals surface area contributed by atoms with Gasteiger partial charge in [0.05, 0.1) is 0 Å². The molecule has 3 aromatic rings. The van der Waals surface area contributed by atoms with Crippen molar-refractivity contribution in [3.05, 3.63) is 89.5 Å². The minimum absolute atomic E-state index is 0.177. The topological polar surface area (TPSA) is 78.5 Å². The third-order valence-corrected chi connectivity index (χ3v) is 6.46. The maximum absolute atomic E-state index is 13.0. The number of likely N-dealkylation sites (tertiary alicyclic amines) is 1. The van der Waals surface area contributed by atoms with Gasteiger partial charge in [0.25, 0.3) is 0 Å². The lowest BCUT2D eigenvalue weighted by atomic mass is 10.0. The predicted molar refractivity (Wildman–Crippen MR) is 143 cm³/mol. The lowest BCUT2D eigenvalue weighted by molar-refractivity contribution is -0.119. The number of rotatable bonds is 8. The van der Waals surface area contributed by atoms with Crippen molar-refractivity contribution in [3.63, 3.8) is 0 Å². The SMILES string of the molecule is CC(C)Cc1ccc(CNC(=O)N2CCC[C@@H]2C(=O)Nc2ccc(-c3ccc(C=O)cc3)cc2)cc1. The summed E-state index contributed by atoms with van der Waals surface area (Å²) in [5.74, 6) is 0.428. The molecule has 0 radical (unpaired) electrons. The molecule has 0 aromatic heterocycles. The third kappa shape index (κ3) is 6.39. The van der Waals surface area contributed by atoms with E-state index in [1.165, 1.54) is 5.56 Å². The van der Waals surface area contributed by atoms with Crippen LogP contribution >= 0.6 is 0 Å². The maximum atomic E-state index is 13.0. The molecule has 6 heteroatoms. The molecule has 1 heterocycles. The number of urea groups is 1. The largest absolute Gasteiger partial charge is 0.334 e. The molecule has 4 rings (SSSR count). The molecule has 1 aliphatic heterocycles. The molecular weight excluding hydrogens is 450 g/mol. The standard InChI is InChI=1S/C30H33N3O3/c1-21(2)18-22-5-7-23(8-6-22)19-31-30(36)33-17-3-4-28(33)29(35)32-27-15-13-26(14-16-27)25-11-9-24(20-34)10-12-25/h5-16,20-21,28H,3-4,17-19H2,1-2H3,(H,31,36)(H,32,35)/t28-/m1/s1. The number of benzene rings is 3. The van der Waals surface area contributed by atoms with Gasteiger partial charge in [-0.2, -0.15) is 0 Å². The average molecular weight is 484 g/mol. The number of hydrogen-bond donors (Lipinski definition) is 2. The fourth-order valence-corrected chi connectivity index (χ4v) is 4.55. The first-order valence-corrected chi connectivity index (χ1v) is 12.5. The van der Waals surface area contributed by atoms with E-state index in [0.717, 1.165) is 35.8 Å². The summed E-state index contributed by atoms with van der Waals surface area (Å²) >= 11 is 0. The summed E-state index contributed by atoms with van der Waals surface area (Å²) in [4.78, 5) is 38.3. The number of nitrogens with one attached hydrogen (secondary N) is 2. The zero-order chi connectivity index (χ0) is 25.5. The third-order valence-electron chi connectivity index (χ3n) is 6.46. The number of anilines is 1. The molecule has 3 aromatic carbocycles. The van der Waals surface area contributed by atoms with Crippen LogP contribution in [0.5, 0.6) is 0 Å². The van der Waals surface area contributed by atoms with Crippen LogP contribution in [0.25, 0.3) is 11.1 Å². The van der Waals surface area contributed by atoms with Gasteiger partial charge in [-0.25, -0.2) is 4.79 Å². The maximum Gasteiger partial charge on any atom is 0.318 e. The molecule has 0 aliphatic carbocycles. The van der Waals surface area contributed by atoms with E-state index in [1.54, 1.807) is 17.0 Å². The molecule has 6 nitrogen and oxygen atoms in total. The summed E-state index contributed by atoms with van der Waals surface area (Å²) in [6, 6.07) is 22.5. The van der Waals surface area contributed by atoms with Crippen molar-refractivity contribution in [2.75, 3.05) is 11.9 Å². The Hall–Kier alpha value is -3.93. The molecule has 0 bridgehead atoms. The quantitative estimate of drug-likeness (QED) is 0.405. The summed E-state index contributed by atoms with van der Waals surface area (Å²) in [6.07, 6.45) is 3.30. The van der Waals surface area contributed by atoms with Crippen LogP contribution in [0.3, 0.4) is 0 Å². The van der Waals surface area contributed by atoms with E-state index in [9.17, 15) is 14.4 Å². The molecule has 1 aliphatic rings. The van der Waals surface area contributed by atoms with Gasteiger partial charge in [-0.3, -0.25) is 9.59 Å². The van der Waals surface area contributed by atoms with Crippen LogP contribution in [0.2, 0.25) is 0 Å². The number of hydrogen-bond acceptors (Lipinski definition) is 3. The van der Waals surface area contributed by atoms with Gasteiger partial charge in [0.15, 0.2) is 0 Å². The second-order valence-electron chi connectivity index (χ2n) is 9.73. The van der Waals surface area contributed by atoms with Gasteiger partial charge in [0.2, 0.25) is 5.91 Å². The smallest absolute Gasteiger partial charge is 0.318 e. The number of aldehydes is 1. The molecule has 2 N–H and O–H groups in total. The van der Waals surface area contributed by atoms with Crippen molar-refractivity contribution in [3.8, 4) is 11.1 Å². The van der Waals surface area contributed by atoms with Crippen molar-refractivity contribution in [2.45, 2.75) is 45.7 Å². The van der Waals surface area contributed by atoms with Crippen LogP contribution < -0.4 is 10.6 Å². The van der Waals surface area contributed by atoms with Crippen molar-refractivity contribution in [1.82, 2.24) is 10.2 Å². The van der Waals surface area contributed by atoms with Crippen molar-refractivity contribution in [2.24, 2.45) is 5.92 Å². The van der Waals surface area contributed by atoms with Crippen LogP contribution in [0.15, 0.2) is 72.8 Å². The molecule has 1 atom stereocenters. The fraction of sp³-hybridized carbons (Fsp3) is 0.300. The van der Waals surface area contributed by atoms with Gasteiger partial charge in [0.1, 0.15) is 12.3 Å². The number of amides is 3.